The Hall–Kier alpha value is -2.45. The van der Waals surface area contributed by atoms with Gasteiger partial charge in [-0.1, -0.05) is 6.07 Å². The Labute approximate surface area is 127 Å². The predicted molar refractivity (Wildman–Crippen MR) is 67.4 cm³/mol. The fraction of sp³-hybridized carbons (Fsp3) is 0.357. The Morgan fingerprint density at radius 2 is 1.87 bits per heavy atom. The Kier molecular flexibility index (Phi) is 3.38. The average molecular weight is 330 g/mol. The molecule has 3 amide bonds. The van der Waals surface area contributed by atoms with Gasteiger partial charge < -0.3 is 4.90 Å². The highest BCUT2D eigenvalue weighted by molar-refractivity contribution is 6.06. The number of piperidine rings is 1. The van der Waals surface area contributed by atoms with E-state index in [1.54, 1.807) is 0 Å². The second-order valence-corrected chi connectivity index (χ2v) is 5.35. The number of rotatable bonds is 1. The first-order chi connectivity index (χ1) is 10.7. The van der Waals surface area contributed by atoms with Crippen molar-refractivity contribution in [3.8, 4) is 0 Å². The zero-order valence-corrected chi connectivity index (χ0v) is 11.5. The molecule has 2 aliphatic heterocycles. The number of carbonyl (C=O) groups excluding carboxylic acids is 3. The van der Waals surface area contributed by atoms with E-state index in [-0.39, 0.29) is 24.9 Å². The number of nitrogens with one attached hydrogen (secondary N) is 1. The van der Waals surface area contributed by atoms with Crippen LogP contribution in [-0.4, -0.2) is 28.7 Å². The van der Waals surface area contributed by atoms with Crippen LogP contribution >= 0.6 is 0 Å². The van der Waals surface area contributed by atoms with Crippen LogP contribution in [0.3, 0.4) is 0 Å². The molecule has 1 fully saturated rings. The van der Waals surface area contributed by atoms with Gasteiger partial charge >= 0.3 is 6.18 Å². The molecule has 1 aromatic rings. The van der Waals surface area contributed by atoms with Crippen LogP contribution in [0.25, 0.3) is 0 Å². The Bertz CT molecular complexity index is 729. The molecule has 0 aromatic heterocycles. The second-order valence-electron chi connectivity index (χ2n) is 5.35. The molecule has 9 heteroatoms. The van der Waals surface area contributed by atoms with E-state index in [0.717, 1.165) is 11.0 Å². The Morgan fingerprint density at radius 1 is 1.17 bits per heavy atom. The molecule has 3 rings (SSSR count). The summed E-state index contributed by atoms with van der Waals surface area (Å²) < 4.78 is 52.7. The zero-order valence-electron chi connectivity index (χ0n) is 11.5. The Morgan fingerprint density at radius 3 is 2.48 bits per heavy atom. The quantitative estimate of drug-likeness (QED) is 0.628. The van der Waals surface area contributed by atoms with Gasteiger partial charge in [0.05, 0.1) is 5.56 Å². The lowest BCUT2D eigenvalue weighted by Crippen LogP contribution is -2.52. The molecule has 0 spiro atoms. The highest BCUT2D eigenvalue weighted by atomic mass is 19.4. The number of benzene rings is 1. The highest BCUT2D eigenvalue weighted by Gasteiger charge is 2.46. The fourth-order valence-corrected chi connectivity index (χ4v) is 2.90. The first kappa shape index (κ1) is 15.4. The van der Waals surface area contributed by atoms with Gasteiger partial charge in [0.15, 0.2) is 0 Å². The predicted octanol–water partition coefficient (Wildman–Crippen LogP) is 1.61. The molecule has 2 aliphatic rings. The van der Waals surface area contributed by atoms with Crippen LogP contribution in [0, 0.1) is 5.82 Å². The van der Waals surface area contributed by atoms with Gasteiger partial charge in [-0.2, -0.15) is 13.2 Å². The largest absolute Gasteiger partial charge is 0.420 e. The van der Waals surface area contributed by atoms with Crippen LogP contribution in [-0.2, 0) is 22.3 Å². The summed E-state index contributed by atoms with van der Waals surface area (Å²) in [5.74, 6) is -3.83. The van der Waals surface area contributed by atoms with E-state index in [2.05, 4.69) is 0 Å². The summed E-state index contributed by atoms with van der Waals surface area (Å²) in [6, 6.07) is 0.712. The number of amides is 3. The minimum atomic E-state index is -5.02. The van der Waals surface area contributed by atoms with E-state index in [9.17, 15) is 31.9 Å². The number of hydrogen-bond acceptors (Lipinski definition) is 3. The number of nitrogens with zero attached hydrogens (tertiary/aromatic N) is 1. The van der Waals surface area contributed by atoms with Gasteiger partial charge in [-0.3, -0.25) is 19.7 Å². The molecule has 0 radical (unpaired) electrons. The summed E-state index contributed by atoms with van der Waals surface area (Å²) in [5, 5.41) is 2.04. The smallest absolute Gasteiger partial charge is 0.322 e. The third-order valence-electron chi connectivity index (χ3n) is 3.93. The number of fused-ring (bicyclic) bond motifs is 1. The lowest BCUT2D eigenvalue weighted by Gasteiger charge is -2.29. The molecule has 2 heterocycles. The van der Waals surface area contributed by atoms with Crippen molar-refractivity contribution in [1.82, 2.24) is 10.2 Å². The summed E-state index contributed by atoms with van der Waals surface area (Å²) in [4.78, 5) is 36.2. The van der Waals surface area contributed by atoms with Crippen molar-refractivity contribution in [2.45, 2.75) is 31.6 Å². The van der Waals surface area contributed by atoms with Crippen LogP contribution in [0.15, 0.2) is 12.1 Å². The lowest BCUT2D eigenvalue weighted by molar-refractivity contribution is -0.140. The topological polar surface area (TPSA) is 66.5 Å². The molecular weight excluding hydrogens is 320 g/mol. The molecule has 1 N–H and O–H groups in total. The number of imide groups is 1. The summed E-state index contributed by atoms with van der Waals surface area (Å²) in [7, 11) is 0. The molecule has 0 saturated carbocycles. The average Bonchev–Trinajstić information content (AvgIpc) is 2.75. The van der Waals surface area contributed by atoms with Crippen molar-refractivity contribution in [1.29, 1.82) is 0 Å². The van der Waals surface area contributed by atoms with Gasteiger partial charge in [-0.15, -0.1) is 0 Å². The van der Waals surface area contributed by atoms with Crippen LogP contribution in [0.2, 0.25) is 0 Å². The summed E-state index contributed by atoms with van der Waals surface area (Å²) in [5.41, 5.74) is -2.37. The molecule has 1 unspecified atom stereocenters. The summed E-state index contributed by atoms with van der Waals surface area (Å²) >= 11 is 0. The fourth-order valence-electron chi connectivity index (χ4n) is 2.90. The Balaban J connectivity index is 2.00. The van der Waals surface area contributed by atoms with Crippen LogP contribution in [0.5, 0.6) is 0 Å². The van der Waals surface area contributed by atoms with Gasteiger partial charge in [-0.05, 0) is 18.1 Å². The van der Waals surface area contributed by atoms with Gasteiger partial charge in [0.2, 0.25) is 11.8 Å². The number of carbonyl (C=O) groups is 3. The first-order valence-corrected chi connectivity index (χ1v) is 6.73. The number of hydrogen-bond donors (Lipinski definition) is 1. The van der Waals surface area contributed by atoms with E-state index in [4.69, 9.17) is 0 Å². The lowest BCUT2D eigenvalue weighted by atomic mass is 10.0. The molecule has 1 atom stereocenters. The minimum Gasteiger partial charge on any atom is -0.322 e. The van der Waals surface area contributed by atoms with Crippen LogP contribution < -0.4 is 5.32 Å². The van der Waals surface area contributed by atoms with E-state index >= 15 is 0 Å². The van der Waals surface area contributed by atoms with Crippen LogP contribution in [0.1, 0.15) is 34.3 Å². The third kappa shape index (κ3) is 2.45. The van der Waals surface area contributed by atoms with Crippen LogP contribution in [0.4, 0.5) is 17.6 Å². The maximum absolute atomic E-state index is 13.6. The minimum absolute atomic E-state index is 0.00780. The molecule has 122 valence electrons. The zero-order chi connectivity index (χ0) is 16.9. The molecule has 1 aromatic carbocycles. The SMILES string of the molecule is O=C1CCC(N2Cc3ccc(F)c(C(F)(F)F)c3C2=O)C(=O)N1. The molecule has 1 saturated heterocycles. The standard InChI is InChI=1S/C14H10F4N2O3/c15-7-2-1-6-5-20(8-3-4-9(21)19-12(8)22)13(23)10(6)11(7)14(16,17)18/h1-2,8H,3-5H2,(H,19,21,22). The van der Waals surface area contributed by atoms with E-state index in [0.29, 0.717) is 6.07 Å². The molecule has 0 bridgehead atoms. The van der Waals surface area contributed by atoms with Crippen molar-refractivity contribution in [3.63, 3.8) is 0 Å². The van der Waals surface area contributed by atoms with Gasteiger partial charge in [-0.25, -0.2) is 4.39 Å². The van der Waals surface area contributed by atoms with Crippen molar-refractivity contribution in [2.75, 3.05) is 0 Å². The van der Waals surface area contributed by atoms with Crippen molar-refractivity contribution < 1.29 is 31.9 Å². The normalized spacial score (nSPS) is 21.5. The van der Waals surface area contributed by atoms with E-state index in [1.807, 2.05) is 5.32 Å². The van der Waals surface area contributed by atoms with E-state index < -0.39 is 46.9 Å². The molecular formula is C14H10F4N2O3. The van der Waals surface area contributed by atoms with Gasteiger partial charge in [0.25, 0.3) is 5.91 Å². The number of alkyl halides is 3. The van der Waals surface area contributed by atoms with Crippen molar-refractivity contribution >= 4 is 17.7 Å². The summed E-state index contributed by atoms with van der Waals surface area (Å²) in [6.07, 6.45) is -5.02. The maximum Gasteiger partial charge on any atom is 0.420 e. The van der Waals surface area contributed by atoms with Crippen molar-refractivity contribution in [2.24, 2.45) is 0 Å². The third-order valence-corrected chi connectivity index (χ3v) is 3.93. The molecule has 23 heavy (non-hydrogen) atoms. The van der Waals surface area contributed by atoms with Gasteiger partial charge in [0.1, 0.15) is 17.4 Å². The monoisotopic (exact) mass is 330 g/mol. The van der Waals surface area contributed by atoms with Crippen molar-refractivity contribution in [3.05, 3.63) is 34.6 Å². The summed E-state index contributed by atoms with van der Waals surface area (Å²) in [6.45, 7) is -0.232. The maximum atomic E-state index is 13.6. The second kappa shape index (κ2) is 5.04. The molecule has 0 aliphatic carbocycles. The number of halogens is 4. The molecule has 5 nitrogen and oxygen atoms in total. The highest BCUT2D eigenvalue weighted by Crippen LogP contribution is 2.39. The van der Waals surface area contributed by atoms with Gasteiger partial charge in [0, 0.05) is 13.0 Å². The first-order valence-electron chi connectivity index (χ1n) is 6.73. The van der Waals surface area contributed by atoms with E-state index in [1.165, 1.54) is 0 Å².